The average Bonchev–Trinajstić information content (AvgIpc) is 2.94. The molecule has 0 unspecified atom stereocenters. The lowest BCUT2D eigenvalue weighted by atomic mass is 9.86. The minimum atomic E-state index is -4.17. The lowest BCUT2D eigenvalue weighted by Gasteiger charge is -2.30. The van der Waals surface area contributed by atoms with Crippen molar-refractivity contribution in [2.45, 2.75) is 43.0 Å². The van der Waals surface area contributed by atoms with Gasteiger partial charge in [-0.2, -0.15) is 0 Å². The summed E-state index contributed by atoms with van der Waals surface area (Å²) in [6, 6.07) is 10.7. The van der Waals surface area contributed by atoms with E-state index in [1.807, 2.05) is 0 Å². The van der Waals surface area contributed by atoms with Gasteiger partial charge in [-0.25, -0.2) is 36.5 Å². The molecule has 0 aliphatic heterocycles. The van der Waals surface area contributed by atoms with Crippen LogP contribution in [0.1, 0.15) is 37.7 Å². The zero-order valence-corrected chi connectivity index (χ0v) is 24.6. The van der Waals surface area contributed by atoms with Crippen LogP contribution in [0, 0.1) is 11.7 Å². The van der Waals surface area contributed by atoms with Crippen molar-refractivity contribution in [3.05, 3.63) is 71.1 Å². The molecule has 2 N–H and O–H groups in total. The summed E-state index contributed by atoms with van der Waals surface area (Å²) in [7, 11) is -0.0505. The van der Waals surface area contributed by atoms with E-state index in [2.05, 4.69) is 44.0 Å². The predicted octanol–water partition coefficient (Wildman–Crippen LogP) is 6.76. The number of nitrogens with zero attached hydrogens (tertiary/aromatic N) is 4. The fourth-order valence-corrected chi connectivity index (χ4v) is 6.83. The van der Waals surface area contributed by atoms with Crippen LogP contribution in [-0.2, 0) is 10.0 Å². The molecule has 1 fully saturated rings. The van der Waals surface area contributed by atoms with Gasteiger partial charge in [0, 0.05) is 23.7 Å². The summed E-state index contributed by atoms with van der Waals surface area (Å²) < 4.78 is 71.0. The van der Waals surface area contributed by atoms with Crippen molar-refractivity contribution in [2.24, 2.45) is 5.92 Å². The Hall–Kier alpha value is -3.48. The van der Waals surface area contributed by atoms with E-state index in [1.165, 1.54) is 42.6 Å². The lowest BCUT2D eigenvalue weighted by molar-refractivity contribution is 0.153. The van der Waals surface area contributed by atoms with E-state index in [0.717, 1.165) is 38.3 Å². The third-order valence-electron chi connectivity index (χ3n) is 7.25. The molecule has 2 heterocycles. The maximum atomic E-state index is 15.0. The number of rotatable bonds is 9. The molecule has 222 valence electrons. The van der Waals surface area contributed by atoms with E-state index in [9.17, 15) is 17.2 Å². The highest BCUT2D eigenvalue weighted by Crippen LogP contribution is 2.33. The molecule has 5 rings (SSSR count). The van der Waals surface area contributed by atoms with Gasteiger partial charge in [0.1, 0.15) is 21.7 Å². The van der Waals surface area contributed by atoms with Crippen molar-refractivity contribution in [3.8, 4) is 11.3 Å². The summed E-state index contributed by atoms with van der Waals surface area (Å²) in [5.41, 5.74) is -0.305. The van der Waals surface area contributed by atoms with Crippen molar-refractivity contribution in [3.63, 3.8) is 0 Å². The van der Waals surface area contributed by atoms with Crippen LogP contribution in [-0.4, -0.2) is 55.0 Å². The Morgan fingerprint density at radius 2 is 1.79 bits per heavy atom. The fraction of sp³-hybridized carbons (Fsp3) is 0.345. The predicted molar refractivity (Wildman–Crippen MR) is 158 cm³/mol. The Kier molecular flexibility index (Phi) is 8.86. The Bertz CT molecular complexity index is 1700. The maximum Gasteiger partial charge on any atom is 0.266 e. The van der Waals surface area contributed by atoms with Crippen LogP contribution in [0.5, 0.6) is 0 Å². The SMILES string of the molecule is CN(C)CC1CCC(Nc2ncc3nc(-c4ccc(NS(=O)(=O)c5ccccc5Cl)c(F)c4)cc(C(F)F)c3n2)CC1. The minimum absolute atomic E-state index is 0.0112. The van der Waals surface area contributed by atoms with Gasteiger partial charge in [-0.3, -0.25) is 4.72 Å². The summed E-state index contributed by atoms with van der Waals surface area (Å²) >= 11 is 5.99. The number of sulfonamides is 1. The second-order valence-corrected chi connectivity index (χ2v) is 12.7. The van der Waals surface area contributed by atoms with Crippen LogP contribution in [0.15, 0.2) is 59.6 Å². The summed E-state index contributed by atoms with van der Waals surface area (Å²) in [5.74, 6) is -0.0268. The first kappa shape index (κ1) is 30.0. The third kappa shape index (κ3) is 6.77. The molecule has 0 radical (unpaired) electrons. The normalized spacial score (nSPS) is 17.6. The largest absolute Gasteiger partial charge is 0.351 e. The van der Waals surface area contributed by atoms with Crippen LogP contribution in [0.25, 0.3) is 22.3 Å². The number of pyridine rings is 1. The van der Waals surface area contributed by atoms with E-state index < -0.39 is 22.3 Å². The smallest absolute Gasteiger partial charge is 0.266 e. The van der Waals surface area contributed by atoms with Gasteiger partial charge in [0.15, 0.2) is 0 Å². The first-order chi connectivity index (χ1) is 20.0. The van der Waals surface area contributed by atoms with Gasteiger partial charge in [-0.1, -0.05) is 29.8 Å². The molecule has 0 atom stereocenters. The Morgan fingerprint density at radius 3 is 2.45 bits per heavy atom. The Balaban J connectivity index is 1.38. The molecule has 13 heteroatoms. The van der Waals surface area contributed by atoms with Gasteiger partial charge >= 0.3 is 0 Å². The second kappa shape index (κ2) is 12.4. The van der Waals surface area contributed by atoms with Crippen molar-refractivity contribution in [1.82, 2.24) is 19.9 Å². The van der Waals surface area contributed by atoms with Gasteiger partial charge in [-0.15, -0.1) is 0 Å². The number of benzene rings is 2. The highest BCUT2D eigenvalue weighted by molar-refractivity contribution is 7.92. The van der Waals surface area contributed by atoms with Crippen LogP contribution in [0.3, 0.4) is 0 Å². The van der Waals surface area contributed by atoms with Gasteiger partial charge in [-0.05, 0) is 76.0 Å². The molecule has 0 amide bonds. The van der Waals surface area contributed by atoms with Gasteiger partial charge in [0.25, 0.3) is 16.4 Å². The molecule has 2 aromatic carbocycles. The lowest BCUT2D eigenvalue weighted by Crippen LogP contribution is -2.31. The molecule has 42 heavy (non-hydrogen) atoms. The van der Waals surface area contributed by atoms with Crippen LogP contribution < -0.4 is 10.0 Å². The number of alkyl halides is 2. The number of anilines is 2. The quantitative estimate of drug-likeness (QED) is 0.214. The minimum Gasteiger partial charge on any atom is -0.351 e. The average molecular weight is 619 g/mol. The number of aromatic nitrogens is 3. The van der Waals surface area contributed by atoms with Crippen molar-refractivity contribution < 1.29 is 21.6 Å². The molecule has 0 spiro atoms. The van der Waals surface area contributed by atoms with E-state index in [4.69, 9.17) is 11.6 Å². The second-order valence-electron chi connectivity index (χ2n) is 10.7. The van der Waals surface area contributed by atoms with Crippen molar-refractivity contribution in [1.29, 1.82) is 0 Å². The molecule has 4 aromatic rings. The molecule has 1 aliphatic carbocycles. The fourth-order valence-electron chi connectivity index (χ4n) is 5.24. The zero-order valence-electron chi connectivity index (χ0n) is 23.0. The summed E-state index contributed by atoms with van der Waals surface area (Å²) in [6.45, 7) is 1.04. The first-order valence-electron chi connectivity index (χ1n) is 13.4. The molecule has 0 bridgehead atoms. The highest BCUT2D eigenvalue weighted by Gasteiger charge is 2.24. The summed E-state index contributed by atoms with van der Waals surface area (Å²) in [6.07, 6.45) is 2.51. The number of hydrogen-bond donors (Lipinski definition) is 2. The van der Waals surface area contributed by atoms with Crippen molar-refractivity contribution >= 4 is 44.3 Å². The number of nitrogens with one attached hydrogen (secondary N) is 2. The first-order valence-corrected chi connectivity index (χ1v) is 15.3. The topological polar surface area (TPSA) is 100 Å². The van der Waals surface area contributed by atoms with Crippen LogP contribution in [0.4, 0.5) is 24.8 Å². The van der Waals surface area contributed by atoms with Crippen LogP contribution in [0.2, 0.25) is 5.02 Å². The van der Waals surface area contributed by atoms with Crippen LogP contribution >= 0.6 is 11.6 Å². The molecule has 8 nitrogen and oxygen atoms in total. The third-order valence-corrected chi connectivity index (χ3v) is 9.12. The van der Waals surface area contributed by atoms with E-state index in [1.54, 1.807) is 6.07 Å². The Morgan fingerprint density at radius 1 is 1.05 bits per heavy atom. The molecular formula is C29H30ClF3N6O2S. The van der Waals surface area contributed by atoms with Gasteiger partial charge in [0.05, 0.1) is 22.6 Å². The molecule has 0 saturated heterocycles. The van der Waals surface area contributed by atoms with E-state index in [-0.39, 0.29) is 55.4 Å². The van der Waals surface area contributed by atoms with Gasteiger partial charge in [0.2, 0.25) is 5.95 Å². The molecule has 1 saturated carbocycles. The summed E-state index contributed by atoms with van der Waals surface area (Å²) in [4.78, 5) is 15.1. The van der Waals surface area contributed by atoms with E-state index in [0.29, 0.717) is 5.92 Å². The number of fused-ring (bicyclic) bond motifs is 1. The molecule has 2 aromatic heterocycles. The Labute approximate surface area is 247 Å². The van der Waals surface area contributed by atoms with E-state index >= 15 is 4.39 Å². The zero-order chi connectivity index (χ0) is 30.0. The molecule has 1 aliphatic rings. The number of halogens is 4. The summed E-state index contributed by atoms with van der Waals surface area (Å²) in [5, 5.41) is 3.27. The highest BCUT2D eigenvalue weighted by atomic mass is 35.5. The number of hydrogen-bond acceptors (Lipinski definition) is 7. The maximum absolute atomic E-state index is 15.0. The standard InChI is InChI=1S/C29H30ClF3N6O2S/c1-39(2)16-17-7-10-19(11-8-17)35-29-34-15-25-27(37-29)20(28(32)33)14-24(36-25)18-9-12-23(22(31)13-18)38-42(40,41)26-6-4-3-5-21(26)30/h3-6,9,12-15,17,19,28,38H,7-8,10-11,16H2,1-2H3,(H,34,35,37). The van der Waals surface area contributed by atoms with Crippen molar-refractivity contribution in [2.75, 3.05) is 30.7 Å². The monoisotopic (exact) mass is 618 g/mol. The molecular weight excluding hydrogens is 589 g/mol. The van der Waals surface area contributed by atoms with Gasteiger partial charge < -0.3 is 10.2 Å².